The van der Waals surface area contributed by atoms with Crippen LogP contribution in [0.15, 0.2) is 64.2 Å². The number of thioether (sulfide) groups is 1. The molecule has 1 aromatic heterocycles. The second kappa shape index (κ2) is 8.55. The maximum absolute atomic E-state index is 10.0. The van der Waals surface area contributed by atoms with Crippen LogP contribution < -0.4 is 9.47 Å². The summed E-state index contributed by atoms with van der Waals surface area (Å²) in [4.78, 5) is 0. The molecule has 0 fully saturated rings. The molecule has 0 radical (unpaired) electrons. The van der Waals surface area contributed by atoms with Gasteiger partial charge >= 0.3 is 0 Å². The SMILES string of the molecule is COc1ccc(-c2nnc(SC[C@H](O)COc3ccccc3)o2)cc1. The van der Waals surface area contributed by atoms with E-state index in [1.165, 1.54) is 11.8 Å². The van der Waals surface area contributed by atoms with Gasteiger partial charge in [-0.2, -0.15) is 0 Å². The van der Waals surface area contributed by atoms with E-state index < -0.39 is 6.10 Å². The van der Waals surface area contributed by atoms with Crippen LogP contribution >= 0.6 is 11.8 Å². The van der Waals surface area contributed by atoms with Crippen molar-refractivity contribution in [1.29, 1.82) is 0 Å². The Balaban J connectivity index is 1.49. The summed E-state index contributed by atoms with van der Waals surface area (Å²) in [6, 6.07) is 16.7. The highest BCUT2D eigenvalue weighted by molar-refractivity contribution is 7.99. The largest absolute Gasteiger partial charge is 0.497 e. The first-order valence-corrected chi connectivity index (χ1v) is 8.70. The lowest BCUT2D eigenvalue weighted by Gasteiger charge is -2.10. The molecule has 1 N–H and O–H groups in total. The van der Waals surface area contributed by atoms with Gasteiger partial charge in [-0.15, -0.1) is 10.2 Å². The van der Waals surface area contributed by atoms with Crippen molar-refractivity contribution in [3.05, 3.63) is 54.6 Å². The van der Waals surface area contributed by atoms with E-state index in [2.05, 4.69) is 10.2 Å². The smallest absolute Gasteiger partial charge is 0.276 e. The predicted octanol–water partition coefficient (Wildman–Crippen LogP) is 3.28. The minimum absolute atomic E-state index is 0.205. The summed E-state index contributed by atoms with van der Waals surface area (Å²) in [5, 5.41) is 18.4. The Morgan fingerprint density at radius 2 is 1.80 bits per heavy atom. The van der Waals surface area contributed by atoms with E-state index in [0.717, 1.165) is 17.1 Å². The van der Waals surface area contributed by atoms with Crippen LogP contribution in [0, 0.1) is 0 Å². The molecule has 6 nitrogen and oxygen atoms in total. The second-order valence-corrected chi connectivity index (χ2v) is 6.16. The highest BCUT2D eigenvalue weighted by Gasteiger charge is 2.12. The summed E-state index contributed by atoms with van der Waals surface area (Å²) in [7, 11) is 1.61. The van der Waals surface area contributed by atoms with Crippen molar-refractivity contribution in [2.45, 2.75) is 11.3 Å². The van der Waals surface area contributed by atoms with Gasteiger partial charge in [-0.1, -0.05) is 30.0 Å². The number of aliphatic hydroxyl groups excluding tert-OH is 1. The number of benzene rings is 2. The first-order chi connectivity index (χ1) is 12.2. The van der Waals surface area contributed by atoms with E-state index >= 15 is 0 Å². The first-order valence-electron chi connectivity index (χ1n) is 7.71. The topological polar surface area (TPSA) is 77.6 Å². The minimum atomic E-state index is -0.637. The summed E-state index contributed by atoms with van der Waals surface area (Å²) < 4.78 is 16.2. The molecule has 1 atom stereocenters. The van der Waals surface area contributed by atoms with Gasteiger partial charge in [-0.25, -0.2) is 0 Å². The number of hydrogen-bond donors (Lipinski definition) is 1. The fraction of sp³-hybridized carbons (Fsp3) is 0.222. The molecule has 0 aliphatic heterocycles. The number of ether oxygens (including phenoxy) is 2. The molecule has 0 spiro atoms. The Labute approximate surface area is 149 Å². The highest BCUT2D eigenvalue weighted by Crippen LogP contribution is 2.25. The number of aliphatic hydroxyl groups is 1. The fourth-order valence-electron chi connectivity index (χ4n) is 2.04. The van der Waals surface area contributed by atoms with Crippen LogP contribution in [0.3, 0.4) is 0 Å². The van der Waals surface area contributed by atoms with Crippen LogP contribution in [0.25, 0.3) is 11.5 Å². The fourth-order valence-corrected chi connectivity index (χ4v) is 2.71. The van der Waals surface area contributed by atoms with Gasteiger partial charge in [0.15, 0.2) is 0 Å². The Kier molecular flexibility index (Phi) is 5.92. The van der Waals surface area contributed by atoms with Crippen LogP contribution in [0.2, 0.25) is 0 Å². The van der Waals surface area contributed by atoms with Crippen molar-refractivity contribution in [2.75, 3.05) is 19.5 Å². The Hall–Kier alpha value is -2.51. The van der Waals surface area contributed by atoms with Gasteiger partial charge in [0.25, 0.3) is 5.22 Å². The summed E-state index contributed by atoms with van der Waals surface area (Å²) in [6.45, 7) is 0.205. The zero-order chi connectivity index (χ0) is 17.5. The minimum Gasteiger partial charge on any atom is -0.497 e. The summed E-state index contributed by atoms with van der Waals surface area (Å²) in [5.74, 6) is 2.32. The number of nitrogens with zero attached hydrogens (tertiary/aromatic N) is 2. The quantitative estimate of drug-likeness (QED) is 0.619. The molecule has 0 unspecified atom stereocenters. The van der Waals surface area contributed by atoms with Crippen molar-refractivity contribution < 1.29 is 19.0 Å². The first kappa shape index (κ1) is 17.3. The Bertz CT molecular complexity index is 777. The lowest BCUT2D eigenvalue weighted by molar-refractivity contribution is 0.126. The molecular weight excluding hydrogens is 340 g/mol. The molecule has 0 aliphatic rings. The molecule has 0 bridgehead atoms. The maximum Gasteiger partial charge on any atom is 0.276 e. The molecule has 2 aromatic carbocycles. The van der Waals surface area contributed by atoms with Gasteiger partial charge < -0.3 is 19.0 Å². The van der Waals surface area contributed by atoms with E-state index in [1.807, 2.05) is 54.6 Å². The van der Waals surface area contributed by atoms with Crippen molar-refractivity contribution in [3.63, 3.8) is 0 Å². The molecule has 0 saturated carbocycles. The van der Waals surface area contributed by atoms with Gasteiger partial charge in [0.2, 0.25) is 5.89 Å². The van der Waals surface area contributed by atoms with Gasteiger partial charge in [0.1, 0.15) is 18.1 Å². The molecule has 130 valence electrons. The second-order valence-electron chi connectivity index (χ2n) is 5.19. The van der Waals surface area contributed by atoms with Crippen molar-refractivity contribution in [2.24, 2.45) is 0 Å². The average Bonchev–Trinajstić information content (AvgIpc) is 3.14. The standard InChI is InChI=1S/C18H18N2O4S/c1-22-15-9-7-13(8-10-15)17-19-20-18(24-17)25-12-14(21)11-23-16-5-3-2-4-6-16/h2-10,14,21H,11-12H2,1H3/t14-/m1/s1. The zero-order valence-electron chi connectivity index (χ0n) is 13.7. The average molecular weight is 358 g/mol. The van der Waals surface area contributed by atoms with Crippen LogP contribution in [-0.4, -0.2) is 40.9 Å². The van der Waals surface area contributed by atoms with Crippen LogP contribution in [-0.2, 0) is 0 Å². The van der Waals surface area contributed by atoms with Crippen LogP contribution in [0.1, 0.15) is 0 Å². The van der Waals surface area contributed by atoms with Gasteiger partial charge in [0, 0.05) is 11.3 Å². The highest BCUT2D eigenvalue weighted by atomic mass is 32.2. The summed E-state index contributed by atoms with van der Waals surface area (Å²) in [6.07, 6.45) is -0.637. The maximum atomic E-state index is 10.0. The Morgan fingerprint density at radius 3 is 2.52 bits per heavy atom. The summed E-state index contributed by atoms with van der Waals surface area (Å²) in [5.41, 5.74) is 0.813. The molecule has 3 rings (SSSR count). The monoisotopic (exact) mass is 358 g/mol. The van der Waals surface area contributed by atoms with Crippen molar-refractivity contribution >= 4 is 11.8 Å². The lowest BCUT2D eigenvalue weighted by atomic mass is 10.2. The number of rotatable bonds is 8. The van der Waals surface area contributed by atoms with E-state index in [9.17, 15) is 5.11 Å². The van der Waals surface area contributed by atoms with Crippen molar-refractivity contribution in [3.8, 4) is 23.0 Å². The van der Waals surface area contributed by atoms with Gasteiger partial charge in [-0.05, 0) is 36.4 Å². The molecule has 0 aliphatic carbocycles. The molecule has 7 heteroatoms. The third-order valence-corrected chi connectivity index (χ3v) is 4.29. The molecular formula is C18H18N2O4S. The third-order valence-electron chi connectivity index (χ3n) is 3.33. The molecule has 25 heavy (non-hydrogen) atoms. The van der Waals surface area contributed by atoms with E-state index in [-0.39, 0.29) is 6.61 Å². The van der Waals surface area contributed by atoms with Crippen LogP contribution in [0.5, 0.6) is 11.5 Å². The van der Waals surface area contributed by atoms with Gasteiger partial charge in [-0.3, -0.25) is 0 Å². The molecule has 0 saturated heterocycles. The van der Waals surface area contributed by atoms with Crippen molar-refractivity contribution in [1.82, 2.24) is 10.2 Å². The summed E-state index contributed by atoms with van der Waals surface area (Å²) >= 11 is 1.29. The molecule has 1 heterocycles. The third kappa shape index (κ3) is 4.98. The number of methoxy groups -OCH3 is 1. The molecule has 0 amide bonds. The van der Waals surface area contributed by atoms with E-state index in [4.69, 9.17) is 13.9 Å². The predicted molar refractivity (Wildman–Crippen MR) is 95.0 cm³/mol. The normalized spacial score (nSPS) is 11.9. The number of hydrogen-bond acceptors (Lipinski definition) is 7. The lowest BCUT2D eigenvalue weighted by Crippen LogP contribution is -2.20. The van der Waals surface area contributed by atoms with Crippen LogP contribution in [0.4, 0.5) is 0 Å². The van der Waals surface area contributed by atoms with E-state index in [0.29, 0.717) is 16.9 Å². The zero-order valence-corrected chi connectivity index (χ0v) is 14.5. The molecule has 3 aromatic rings. The van der Waals surface area contributed by atoms with E-state index in [1.54, 1.807) is 7.11 Å². The Morgan fingerprint density at radius 1 is 1.04 bits per heavy atom. The number of para-hydroxylation sites is 1. The van der Waals surface area contributed by atoms with Gasteiger partial charge in [0.05, 0.1) is 13.2 Å². The number of aromatic nitrogens is 2.